The van der Waals surface area contributed by atoms with Crippen molar-refractivity contribution in [3.05, 3.63) is 11.6 Å². The number of esters is 2. The van der Waals surface area contributed by atoms with Crippen LogP contribution in [0.25, 0.3) is 0 Å². The molecule has 388 valence electrons. The molecule has 20 nitrogen and oxygen atoms in total. The van der Waals surface area contributed by atoms with Gasteiger partial charge in [0.1, 0.15) is 67.1 Å². The maximum absolute atomic E-state index is 14.8. The molecule has 7 fully saturated rings. The first-order valence-electron chi connectivity index (χ1n) is 24.5. The molecule has 5 aliphatic carbocycles. The van der Waals surface area contributed by atoms with Crippen LogP contribution in [0, 0.1) is 50.2 Å². The van der Waals surface area contributed by atoms with Gasteiger partial charge in [-0.25, -0.2) is 0 Å². The zero-order valence-electron chi connectivity index (χ0n) is 40.0. The summed E-state index contributed by atoms with van der Waals surface area (Å²) < 4.78 is 40.5. The molecule has 0 bridgehead atoms. The number of rotatable bonds is 10. The average molecular weight is 973 g/mol. The second-order valence-electron chi connectivity index (χ2n) is 22.7. The monoisotopic (exact) mass is 972 g/mol. The first kappa shape index (κ1) is 52.4. The van der Waals surface area contributed by atoms with Crippen LogP contribution < -0.4 is 0 Å². The second-order valence-corrected chi connectivity index (χ2v) is 22.7. The fraction of sp³-hybridized carbons (Fsp3) is 0.917. The smallest absolute Gasteiger partial charge is 0.315 e. The first-order valence-corrected chi connectivity index (χ1v) is 24.5. The van der Waals surface area contributed by atoms with Crippen LogP contribution in [0.4, 0.5) is 0 Å². The molecule has 8 aliphatic rings. The van der Waals surface area contributed by atoms with Crippen LogP contribution >= 0.6 is 0 Å². The minimum absolute atomic E-state index is 0.0585. The third-order valence-corrected chi connectivity index (χ3v) is 19.5. The van der Waals surface area contributed by atoms with Gasteiger partial charge < -0.3 is 89.3 Å². The van der Waals surface area contributed by atoms with Gasteiger partial charge in [-0.15, -0.1) is 0 Å². The van der Waals surface area contributed by atoms with Gasteiger partial charge in [-0.3, -0.25) is 9.59 Å². The molecule has 0 unspecified atom stereocenters. The summed E-state index contributed by atoms with van der Waals surface area (Å²) in [6.07, 6.45) is -14.8. The van der Waals surface area contributed by atoms with Gasteiger partial charge in [-0.2, -0.15) is 0 Å². The van der Waals surface area contributed by atoms with E-state index in [1.807, 2.05) is 13.8 Å². The van der Waals surface area contributed by atoms with E-state index in [4.69, 9.17) is 33.2 Å². The Hall–Kier alpha value is -1.96. The molecule has 0 amide bonds. The summed E-state index contributed by atoms with van der Waals surface area (Å²) >= 11 is 0. The Balaban J connectivity index is 1.02. The SMILES string of the molecule is COC(=O)[C@]1(C)CC[C@]2(C(=O)O[C@@H]3O[C@H](CO)[C@@H](O)[C@H](O)[C@H]3O)CC[C@]3(C)C(=CC[C@@H]4[C@@]5(C)CC[C@H](O[C@@H]6OC[C@@H](O[C@@H]7O[C@H](CO)[C@@H](O)[C@H](O)[C@H]7O)[C@H](O)[C@H]6O)[C@@](C)(CO)[C@@H]5CC[C@]43C)[C@@H]2C1. The summed E-state index contributed by atoms with van der Waals surface area (Å²) in [5.74, 6) is -1.43. The molecule has 0 radical (unpaired) electrons. The number of aliphatic hydroxyl groups is 11. The molecule has 8 rings (SSSR count). The first-order chi connectivity index (χ1) is 31.9. The van der Waals surface area contributed by atoms with Crippen LogP contribution in [0.3, 0.4) is 0 Å². The Morgan fingerprint density at radius 1 is 0.662 bits per heavy atom. The fourth-order valence-electron chi connectivity index (χ4n) is 15.0. The second kappa shape index (κ2) is 18.8. The lowest BCUT2D eigenvalue weighted by Crippen LogP contribution is -2.67. The standard InChI is InChI=1S/C48H76O20/c1-43(41(60)62-6)13-15-48(42(61)68-40-37(59)34(56)31(53)25(19-50)65-40)16-14-46(4)22(23(48)17-43)7-8-28-44(2)11-10-29(45(3,21-51)27(44)9-12-47(28,46)5)67-38-35(57)32(54)26(20-63-38)66-39-36(58)33(55)30(52)24(18-49)64-39/h7,23-40,49-59H,8-21H2,1-6H3/t23-,24+,25+,26+,27+,28+,29-,30+,31+,32-,33-,34-,35+,36+,37+,38-,39-,40-,43+,44-,45-,46+,47+,48-/m0/s1. The van der Waals surface area contributed by atoms with Crippen molar-refractivity contribution in [1.29, 1.82) is 0 Å². The van der Waals surface area contributed by atoms with Crippen LogP contribution in [-0.4, -0.2) is 194 Å². The van der Waals surface area contributed by atoms with E-state index in [1.165, 1.54) is 7.11 Å². The summed E-state index contributed by atoms with van der Waals surface area (Å²) in [6.45, 7) is 8.87. The zero-order valence-corrected chi connectivity index (χ0v) is 40.0. The number of fused-ring (bicyclic) bond motifs is 7. The molecule has 3 heterocycles. The molecule has 0 aromatic heterocycles. The van der Waals surface area contributed by atoms with Crippen molar-refractivity contribution < 1.29 is 98.9 Å². The maximum Gasteiger partial charge on any atom is 0.315 e. The molecule has 11 N–H and O–H groups in total. The van der Waals surface area contributed by atoms with Crippen molar-refractivity contribution >= 4 is 11.9 Å². The van der Waals surface area contributed by atoms with Crippen molar-refractivity contribution in [3.8, 4) is 0 Å². The van der Waals surface area contributed by atoms with Crippen LogP contribution in [0.5, 0.6) is 0 Å². The van der Waals surface area contributed by atoms with Gasteiger partial charge >= 0.3 is 11.9 Å². The number of carbonyl (C=O) groups excluding carboxylic acids is 2. The number of aliphatic hydroxyl groups excluding tert-OH is 11. The van der Waals surface area contributed by atoms with E-state index in [2.05, 4.69) is 26.8 Å². The zero-order chi connectivity index (χ0) is 49.7. The number of methoxy groups -OCH3 is 1. The topological polar surface area (TPSA) is 321 Å². The quantitative estimate of drug-likeness (QED) is 0.0704. The Kier molecular flexibility index (Phi) is 14.5. The van der Waals surface area contributed by atoms with Gasteiger partial charge in [0.05, 0.1) is 50.5 Å². The maximum atomic E-state index is 14.8. The number of ether oxygens (including phenoxy) is 7. The molecular weight excluding hydrogens is 897 g/mol. The minimum Gasteiger partial charge on any atom is -0.469 e. The lowest BCUT2D eigenvalue weighted by molar-refractivity contribution is -0.352. The normalized spacial score (nSPS) is 53.7. The molecule has 68 heavy (non-hydrogen) atoms. The predicted molar refractivity (Wildman–Crippen MR) is 232 cm³/mol. The average Bonchev–Trinajstić information content (AvgIpc) is 3.32. The summed E-state index contributed by atoms with van der Waals surface area (Å²) in [4.78, 5) is 28.3. The van der Waals surface area contributed by atoms with Crippen molar-refractivity contribution in [2.45, 2.75) is 191 Å². The Bertz CT molecular complexity index is 1880. The Morgan fingerprint density at radius 3 is 1.88 bits per heavy atom. The summed E-state index contributed by atoms with van der Waals surface area (Å²) in [7, 11) is 1.35. The van der Waals surface area contributed by atoms with Gasteiger partial charge in [0.15, 0.2) is 12.6 Å². The Morgan fingerprint density at radius 2 is 1.26 bits per heavy atom. The van der Waals surface area contributed by atoms with Crippen molar-refractivity contribution in [3.63, 3.8) is 0 Å². The number of hydrogen-bond acceptors (Lipinski definition) is 20. The largest absolute Gasteiger partial charge is 0.469 e. The highest BCUT2D eigenvalue weighted by atomic mass is 16.7. The van der Waals surface area contributed by atoms with Gasteiger partial charge in [-0.1, -0.05) is 39.3 Å². The van der Waals surface area contributed by atoms with Crippen molar-refractivity contribution in [1.82, 2.24) is 0 Å². The summed E-state index contributed by atoms with van der Waals surface area (Å²) in [5.41, 5.74) is -2.89. The summed E-state index contributed by atoms with van der Waals surface area (Å²) in [6, 6.07) is 0. The minimum atomic E-state index is -1.77. The van der Waals surface area contributed by atoms with E-state index in [-0.39, 0.29) is 48.3 Å². The van der Waals surface area contributed by atoms with E-state index in [1.54, 1.807) is 0 Å². The van der Waals surface area contributed by atoms with E-state index < -0.39 is 139 Å². The fourth-order valence-corrected chi connectivity index (χ4v) is 15.0. The van der Waals surface area contributed by atoms with Crippen LogP contribution in [0.2, 0.25) is 0 Å². The molecule has 0 spiro atoms. The highest BCUT2D eigenvalue weighted by Crippen LogP contribution is 2.76. The van der Waals surface area contributed by atoms with E-state index in [0.29, 0.717) is 51.4 Å². The van der Waals surface area contributed by atoms with Crippen LogP contribution in [-0.2, 0) is 42.7 Å². The number of allylic oxidation sites excluding steroid dienone is 2. The number of hydrogen-bond donors (Lipinski definition) is 11. The molecule has 20 heteroatoms. The molecule has 3 aliphatic heterocycles. The van der Waals surface area contributed by atoms with Gasteiger partial charge in [0.2, 0.25) is 6.29 Å². The van der Waals surface area contributed by atoms with Gasteiger partial charge in [0, 0.05) is 5.41 Å². The molecule has 0 aromatic carbocycles. The highest BCUT2D eigenvalue weighted by Gasteiger charge is 2.71. The third kappa shape index (κ3) is 7.94. The molecular formula is C48H76O20. The van der Waals surface area contributed by atoms with E-state index >= 15 is 0 Å². The predicted octanol–water partition coefficient (Wildman–Crippen LogP) is -1.09. The Labute approximate surface area is 396 Å². The highest BCUT2D eigenvalue weighted by molar-refractivity contribution is 5.81. The van der Waals surface area contributed by atoms with Crippen molar-refractivity contribution in [2.24, 2.45) is 50.2 Å². The molecule has 24 atom stereocenters. The van der Waals surface area contributed by atoms with Crippen molar-refractivity contribution in [2.75, 3.05) is 33.5 Å². The van der Waals surface area contributed by atoms with E-state index in [9.17, 15) is 65.8 Å². The van der Waals surface area contributed by atoms with E-state index in [0.717, 1.165) is 12.0 Å². The molecule has 0 aromatic rings. The van der Waals surface area contributed by atoms with Crippen LogP contribution in [0.15, 0.2) is 11.6 Å². The molecule has 4 saturated carbocycles. The number of carbonyl (C=O) groups is 2. The lowest BCUT2D eigenvalue weighted by atomic mass is 9.33. The van der Waals surface area contributed by atoms with Gasteiger partial charge in [0.25, 0.3) is 0 Å². The third-order valence-electron chi connectivity index (χ3n) is 19.5. The van der Waals surface area contributed by atoms with Crippen LogP contribution in [0.1, 0.15) is 98.8 Å². The molecule has 3 saturated heterocycles. The lowest BCUT2D eigenvalue weighted by Gasteiger charge is -2.71. The summed E-state index contributed by atoms with van der Waals surface area (Å²) in [5, 5.41) is 116. The van der Waals surface area contributed by atoms with Gasteiger partial charge in [-0.05, 0) is 105 Å².